The zero-order valence-electron chi connectivity index (χ0n) is 9.45. The van der Waals surface area contributed by atoms with Gasteiger partial charge in [-0.05, 0) is 37.2 Å². The number of aromatic nitrogens is 2. The lowest BCUT2D eigenvalue weighted by Gasteiger charge is -2.25. The molecule has 1 heterocycles. The third-order valence-corrected chi connectivity index (χ3v) is 3.24. The van der Waals surface area contributed by atoms with E-state index < -0.39 is 12.7 Å². The molecule has 0 bridgehead atoms. The fourth-order valence-corrected chi connectivity index (χ4v) is 2.31. The van der Waals surface area contributed by atoms with Gasteiger partial charge in [-0.1, -0.05) is 0 Å². The lowest BCUT2D eigenvalue weighted by Crippen LogP contribution is -2.25. The highest BCUT2D eigenvalue weighted by Gasteiger charge is 2.29. The van der Waals surface area contributed by atoms with Gasteiger partial charge in [0.15, 0.2) is 0 Å². The Balaban J connectivity index is 1.98. The zero-order chi connectivity index (χ0) is 12.5. The van der Waals surface area contributed by atoms with E-state index in [1.165, 1.54) is 6.20 Å². The molecule has 6 heteroatoms. The number of nitrogens with zero attached hydrogens (tertiary/aromatic N) is 2. The Morgan fingerprint density at radius 3 is 2.53 bits per heavy atom. The van der Waals surface area contributed by atoms with Crippen molar-refractivity contribution >= 4 is 0 Å². The topological polar surface area (TPSA) is 43.8 Å². The Bertz CT molecular complexity index is 364. The molecule has 0 unspecified atom stereocenters. The van der Waals surface area contributed by atoms with Crippen molar-refractivity contribution in [2.45, 2.75) is 50.4 Å². The molecule has 0 saturated heterocycles. The van der Waals surface area contributed by atoms with Crippen molar-refractivity contribution in [3.05, 3.63) is 18.0 Å². The molecule has 0 atom stereocenters. The normalized spacial score (nSPS) is 26.1. The van der Waals surface area contributed by atoms with E-state index in [9.17, 15) is 13.2 Å². The zero-order valence-corrected chi connectivity index (χ0v) is 9.45. The summed E-state index contributed by atoms with van der Waals surface area (Å²) in [6.45, 7) is -1.01. The summed E-state index contributed by atoms with van der Waals surface area (Å²) in [4.78, 5) is 0. The van der Waals surface area contributed by atoms with Crippen molar-refractivity contribution in [1.29, 1.82) is 0 Å². The Labute approximate surface area is 97.8 Å². The standard InChI is InChI=1S/C11H16F3N3/c12-11(13,14)7-17-6-9(5-16-17)8-1-3-10(15)4-2-8/h5-6,8,10H,1-4,7,15H2. The molecule has 0 aliphatic heterocycles. The molecule has 1 aromatic heterocycles. The maximum absolute atomic E-state index is 12.2. The van der Waals surface area contributed by atoms with Crippen molar-refractivity contribution in [1.82, 2.24) is 9.78 Å². The molecule has 0 aromatic carbocycles. The first-order valence-corrected chi connectivity index (χ1v) is 5.79. The largest absolute Gasteiger partial charge is 0.408 e. The number of rotatable bonds is 2. The van der Waals surface area contributed by atoms with Gasteiger partial charge in [0.2, 0.25) is 0 Å². The van der Waals surface area contributed by atoms with Gasteiger partial charge in [0, 0.05) is 12.2 Å². The van der Waals surface area contributed by atoms with Crippen molar-refractivity contribution < 1.29 is 13.2 Å². The molecule has 17 heavy (non-hydrogen) atoms. The minimum atomic E-state index is -4.21. The van der Waals surface area contributed by atoms with Crippen LogP contribution < -0.4 is 5.73 Å². The molecule has 1 aliphatic rings. The van der Waals surface area contributed by atoms with Crippen LogP contribution in [0, 0.1) is 0 Å². The number of hydrogen-bond donors (Lipinski definition) is 1. The summed E-state index contributed by atoms with van der Waals surface area (Å²) >= 11 is 0. The van der Waals surface area contributed by atoms with E-state index in [1.807, 2.05) is 0 Å². The van der Waals surface area contributed by atoms with E-state index in [0.717, 1.165) is 35.9 Å². The Hall–Kier alpha value is -1.04. The monoisotopic (exact) mass is 247 g/mol. The Kier molecular flexibility index (Phi) is 3.42. The molecule has 2 N–H and O–H groups in total. The molecular formula is C11H16F3N3. The van der Waals surface area contributed by atoms with E-state index >= 15 is 0 Å². The molecule has 0 spiro atoms. The summed E-state index contributed by atoms with van der Waals surface area (Å²) in [5.74, 6) is 0.316. The van der Waals surface area contributed by atoms with Crippen molar-refractivity contribution in [3.8, 4) is 0 Å². The number of alkyl halides is 3. The summed E-state index contributed by atoms with van der Waals surface area (Å²) in [6, 6.07) is 0.247. The third kappa shape index (κ3) is 3.46. The minimum absolute atomic E-state index is 0.247. The Morgan fingerprint density at radius 1 is 1.29 bits per heavy atom. The van der Waals surface area contributed by atoms with Gasteiger partial charge < -0.3 is 5.73 Å². The second kappa shape index (κ2) is 4.68. The van der Waals surface area contributed by atoms with Crippen LogP contribution in [0.4, 0.5) is 13.2 Å². The van der Waals surface area contributed by atoms with Gasteiger partial charge in [0.1, 0.15) is 6.54 Å². The van der Waals surface area contributed by atoms with Crippen LogP contribution >= 0.6 is 0 Å². The maximum Gasteiger partial charge on any atom is 0.408 e. The number of hydrogen-bond acceptors (Lipinski definition) is 2. The van der Waals surface area contributed by atoms with Crippen molar-refractivity contribution in [3.63, 3.8) is 0 Å². The van der Waals surface area contributed by atoms with Crippen LogP contribution in [0.2, 0.25) is 0 Å². The summed E-state index contributed by atoms with van der Waals surface area (Å²) in [7, 11) is 0. The van der Waals surface area contributed by atoms with Crippen LogP contribution in [0.3, 0.4) is 0 Å². The van der Waals surface area contributed by atoms with Crippen LogP contribution in [-0.4, -0.2) is 22.0 Å². The van der Waals surface area contributed by atoms with Gasteiger partial charge in [-0.2, -0.15) is 18.3 Å². The van der Waals surface area contributed by atoms with Gasteiger partial charge in [0.25, 0.3) is 0 Å². The smallest absolute Gasteiger partial charge is 0.328 e. The van der Waals surface area contributed by atoms with E-state index in [4.69, 9.17) is 5.73 Å². The van der Waals surface area contributed by atoms with Crippen molar-refractivity contribution in [2.24, 2.45) is 5.73 Å². The van der Waals surface area contributed by atoms with Gasteiger partial charge in [-0.3, -0.25) is 4.68 Å². The van der Waals surface area contributed by atoms with Gasteiger partial charge in [-0.25, -0.2) is 0 Å². The van der Waals surface area contributed by atoms with E-state index in [-0.39, 0.29) is 6.04 Å². The first kappa shape index (κ1) is 12.4. The molecule has 2 rings (SSSR count). The van der Waals surface area contributed by atoms with Gasteiger partial charge in [0.05, 0.1) is 6.20 Å². The molecular weight excluding hydrogens is 231 g/mol. The third-order valence-electron chi connectivity index (χ3n) is 3.24. The molecule has 1 saturated carbocycles. The fourth-order valence-electron chi connectivity index (χ4n) is 2.31. The first-order chi connectivity index (χ1) is 7.94. The van der Waals surface area contributed by atoms with Crippen molar-refractivity contribution in [2.75, 3.05) is 0 Å². The number of nitrogens with two attached hydrogens (primary N) is 1. The molecule has 0 radical (unpaired) electrons. The van der Waals surface area contributed by atoms with E-state index in [0.29, 0.717) is 5.92 Å². The van der Waals surface area contributed by atoms with Crippen LogP contribution in [-0.2, 0) is 6.54 Å². The average molecular weight is 247 g/mol. The minimum Gasteiger partial charge on any atom is -0.328 e. The maximum atomic E-state index is 12.2. The van der Waals surface area contributed by atoms with E-state index in [1.54, 1.807) is 6.20 Å². The molecule has 1 aromatic rings. The van der Waals surface area contributed by atoms with E-state index in [2.05, 4.69) is 5.10 Å². The second-order valence-electron chi connectivity index (χ2n) is 4.70. The average Bonchev–Trinajstić information content (AvgIpc) is 2.64. The predicted octanol–water partition coefficient (Wildman–Crippen LogP) is 2.43. The highest BCUT2D eigenvalue weighted by atomic mass is 19.4. The first-order valence-electron chi connectivity index (χ1n) is 5.79. The summed E-state index contributed by atoms with van der Waals surface area (Å²) in [5, 5.41) is 3.76. The lowest BCUT2D eigenvalue weighted by atomic mass is 9.83. The summed E-state index contributed by atoms with van der Waals surface area (Å²) in [6.07, 6.45) is 2.61. The molecule has 96 valence electrons. The molecule has 3 nitrogen and oxygen atoms in total. The quantitative estimate of drug-likeness (QED) is 0.872. The van der Waals surface area contributed by atoms with Crippen LogP contribution in [0.1, 0.15) is 37.2 Å². The van der Waals surface area contributed by atoms with Gasteiger partial charge >= 0.3 is 6.18 Å². The predicted molar refractivity (Wildman–Crippen MR) is 57.5 cm³/mol. The Morgan fingerprint density at radius 2 is 1.94 bits per heavy atom. The summed E-state index contributed by atoms with van der Waals surface area (Å²) in [5.41, 5.74) is 6.70. The molecule has 1 fully saturated rings. The van der Waals surface area contributed by atoms with Crippen LogP contribution in [0.15, 0.2) is 12.4 Å². The van der Waals surface area contributed by atoms with Gasteiger partial charge in [-0.15, -0.1) is 0 Å². The van der Waals surface area contributed by atoms with Crippen LogP contribution in [0.5, 0.6) is 0 Å². The fraction of sp³-hybridized carbons (Fsp3) is 0.727. The molecule has 0 amide bonds. The highest BCUT2D eigenvalue weighted by Crippen LogP contribution is 2.32. The SMILES string of the molecule is NC1CCC(c2cnn(CC(F)(F)F)c2)CC1. The molecule has 1 aliphatic carbocycles. The lowest BCUT2D eigenvalue weighted by molar-refractivity contribution is -0.142. The van der Waals surface area contributed by atoms with Crippen LogP contribution in [0.25, 0.3) is 0 Å². The number of halogens is 3. The second-order valence-corrected chi connectivity index (χ2v) is 4.70. The highest BCUT2D eigenvalue weighted by molar-refractivity contribution is 5.12. The summed E-state index contributed by atoms with van der Waals surface area (Å²) < 4.78 is 37.5.